The first-order chi connectivity index (χ1) is 22.3. The minimum absolute atomic E-state index is 0.667. The van der Waals surface area contributed by atoms with Gasteiger partial charge < -0.3 is 4.57 Å². The van der Waals surface area contributed by atoms with Crippen LogP contribution in [0.15, 0.2) is 146 Å². The van der Waals surface area contributed by atoms with Crippen molar-refractivity contribution in [1.29, 1.82) is 0 Å². The molecule has 0 spiro atoms. The van der Waals surface area contributed by atoms with E-state index in [9.17, 15) is 0 Å². The largest absolute Gasteiger partial charge is 0.309 e. The number of rotatable bonds is 3. The summed E-state index contributed by atoms with van der Waals surface area (Å²) in [5, 5.41) is 7.43. The molecular formula is C40H24N4S. The molecule has 6 aromatic carbocycles. The normalized spacial score (nSPS) is 12.0. The summed E-state index contributed by atoms with van der Waals surface area (Å²) >= 11 is 1.83. The van der Waals surface area contributed by atoms with Crippen LogP contribution in [-0.2, 0) is 0 Å². The van der Waals surface area contributed by atoms with Gasteiger partial charge in [0.1, 0.15) is 0 Å². The summed E-state index contributed by atoms with van der Waals surface area (Å²) < 4.78 is 7.19. The van der Waals surface area contributed by atoms with E-state index in [0.29, 0.717) is 5.95 Å². The molecule has 4 aromatic heterocycles. The van der Waals surface area contributed by atoms with E-state index < -0.39 is 0 Å². The van der Waals surface area contributed by atoms with Gasteiger partial charge in [-0.1, -0.05) is 78.9 Å². The van der Waals surface area contributed by atoms with Gasteiger partial charge in [0.25, 0.3) is 0 Å². The third kappa shape index (κ3) is 3.53. The number of thiophene rings is 1. The molecule has 45 heavy (non-hydrogen) atoms. The number of hydrogen-bond donors (Lipinski definition) is 0. The molecular weight excluding hydrogens is 569 g/mol. The summed E-state index contributed by atoms with van der Waals surface area (Å²) in [6, 6.07) is 49.7. The van der Waals surface area contributed by atoms with Gasteiger partial charge in [-0.3, -0.25) is 4.57 Å². The number of hydrogen-bond acceptors (Lipinski definition) is 3. The Bertz CT molecular complexity index is 2770. The summed E-state index contributed by atoms with van der Waals surface area (Å²) in [6.45, 7) is 0. The van der Waals surface area contributed by atoms with Crippen molar-refractivity contribution in [2.24, 2.45) is 0 Å². The van der Waals surface area contributed by atoms with E-state index in [1.54, 1.807) is 0 Å². The number of benzene rings is 6. The van der Waals surface area contributed by atoms with E-state index in [4.69, 9.17) is 9.97 Å². The Hall–Kier alpha value is -5.78. The van der Waals surface area contributed by atoms with Gasteiger partial charge in [-0.05, 0) is 60.7 Å². The fourth-order valence-corrected chi connectivity index (χ4v) is 8.18. The second kappa shape index (κ2) is 9.36. The SMILES string of the molecule is c1ccc(-n2c3ccccc3c3c4c5ccccc5n(-c5nccc(-c6ccc7sc8ccccc8c7c6)n5)c4ccc32)cc1. The number of para-hydroxylation sites is 3. The minimum atomic E-state index is 0.667. The van der Waals surface area contributed by atoms with Gasteiger partial charge in [0.15, 0.2) is 0 Å². The first-order valence-electron chi connectivity index (χ1n) is 15.1. The number of aromatic nitrogens is 4. The van der Waals surface area contributed by atoms with Crippen molar-refractivity contribution in [3.63, 3.8) is 0 Å². The molecule has 0 atom stereocenters. The Morgan fingerprint density at radius 1 is 0.467 bits per heavy atom. The van der Waals surface area contributed by atoms with Crippen molar-refractivity contribution in [3.8, 4) is 22.9 Å². The molecule has 4 nitrogen and oxygen atoms in total. The van der Waals surface area contributed by atoms with Crippen LogP contribution in [0, 0.1) is 0 Å². The van der Waals surface area contributed by atoms with Crippen molar-refractivity contribution in [2.45, 2.75) is 0 Å². The van der Waals surface area contributed by atoms with Crippen molar-refractivity contribution in [3.05, 3.63) is 146 Å². The average molecular weight is 593 g/mol. The van der Waals surface area contributed by atoms with Gasteiger partial charge in [-0.25, -0.2) is 9.97 Å². The van der Waals surface area contributed by atoms with Crippen LogP contribution in [0.5, 0.6) is 0 Å². The maximum atomic E-state index is 5.20. The summed E-state index contributed by atoms with van der Waals surface area (Å²) in [7, 11) is 0. The molecule has 4 heterocycles. The van der Waals surface area contributed by atoms with E-state index >= 15 is 0 Å². The van der Waals surface area contributed by atoms with E-state index in [2.05, 4.69) is 143 Å². The molecule has 210 valence electrons. The van der Waals surface area contributed by atoms with Crippen molar-refractivity contribution in [2.75, 3.05) is 0 Å². The lowest BCUT2D eigenvalue weighted by atomic mass is 10.1. The zero-order valence-electron chi connectivity index (χ0n) is 24.1. The molecule has 0 amide bonds. The highest BCUT2D eigenvalue weighted by molar-refractivity contribution is 7.25. The quantitative estimate of drug-likeness (QED) is 0.205. The molecule has 10 rings (SSSR count). The van der Waals surface area contributed by atoms with Crippen LogP contribution in [-0.4, -0.2) is 19.1 Å². The van der Waals surface area contributed by atoms with Crippen LogP contribution in [0.2, 0.25) is 0 Å². The molecule has 0 unspecified atom stereocenters. The van der Waals surface area contributed by atoms with Crippen LogP contribution in [0.1, 0.15) is 0 Å². The van der Waals surface area contributed by atoms with Gasteiger partial charge in [0.05, 0.1) is 27.8 Å². The number of fused-ring (bicyclic) bond motifs is 10. The van der Waals surface area contributed by atoms with E-state index in [0.717, 1.165) is 28.0 Å². The smallest absolute Gasteiger partial charge is 0.235 e. The molecule has 0 aliphatic heterocycles. The molecule has 0 saturated heterocycles. The molecule has 0 aliphatic carbocycles. The Labute approximate surface area is 262 Å². The molecule has 0 radical (unpaired) electrons. The fourth-order valence-electron chi connectivity index (χ4n) is 7.09. The third-order valence-corrected chi connectivity index (χ3v) is 10.2. The Balaban J connectivity index is 1.25. The lowest BCUT2D eigenvalue weighted by Gasteiger charge is -2.09. The predicted molar refractivity (Wildman–Crippen MR) is 189 cm³/mol. The molecule has 0 fully saturated rings. The average Bonchev–Trinajstić information content (AvgIpc) is 3.76. The first kappa shape index (κ1) is 24.6. The zero-order chi connectivity index (χ0) is 29.5. The predicted octanol–water partition coefficient (Wildman–Crippen LogP) is 10.7. The van der Waals surface area contributed by atoms with Gasteiger partial charge in [0.2, 0.25) is 5.95 Å². The maximum Gasteiger partial charge on any atom is 0.235 e. The molecule has 0 aliphatic rings. The van der Waals surface area contributed by atoms with E-state index in [1.807, 2.05) is 23.6 Å². The lowest BCUT2D eigenvalue weighted by Crippen LogP contribution is -2.01. The van der Waals surface area contributed by atoms with Crippen LogP contribution in [0.25, 0.3) is 86.7 Å². The highest BCUT2D eigenvalue weighted by atomic mass is 32.1. The summed E-state index contributed by atoms with van der Waals surface area (Å²) in [4.78, 5) is 10.1. The summed E-state index contributed by atoms with van der Waals surface area (Å²) in [6.07, 6.45) is 1.88. The topological polar surface area (TPSA) is 35.6 Å². The van der Waals surface area contributed by atoms with Crippen molar-refractivity contribution < 1.29 is 0 Å². The highest BCUT2D eigenvalue weighted by Crippen LogP contribution is 2.42. The van der Waals surface area contributed by atoms with Gasteiger partial charge >= 0.3 is 0 Å². The summed E-state index contributed by atoms with van der Waals surface area (Å²) in [5.74, 6) is 0.667. The summed E-state index contributed by atoms with van der Waals surface area (Å²) in [5.41, 5.74) is 7.71. The van der Waals surface area contributed by atoms with Gasteiger partial charge in [-0.15, -0.1) is 11.3 Å². The minimum Gasteiger partial charge on any atom is -0.309 e. The van der Waals surface area contributed by atoms with Crippen LogP contribution in [0.4, 0.5) is 0 Å². The van der Waals surface area contributed by atoms with Crippen LogP contribution >= 0.6 is 11.3 Å². The molecule has 0 saturated carbocycles. The monoisotopic (exact) mass is 592 g/mol. The third-order valence-electron chi connectivity index (χ3n) is 9.00. The van der Waals surface area contributed by atoms with Gasteiger partial charge in [0, 0.05) is 59.2 Å². The second-order valence-corrected chi connectivity index (χ2v) is 12.5. The van der Waals surface area contributed by atoms with Crippen molar-refractivity contribution >= 4 is 75.1 Å². The fraction of sp³-hybridized carbons (Fsp3) is 0. The lowest BCUT2D eigenvalue weighted by molar-refractivity contribution is 0.992. The Morgan fingerprint density at radius 3 is 1.87 bits per heavy atom. The second-order valence-electron chi connectivity index (χ2n) is 11.4. The molecule has 10 aromatic rings. The zero-order valence-corrected chi connectivity index (χ0v) is 24.9. The van der Waals surface area contributed by atoms with Crippen molar-refractivity contribution in [1.82, 2.24) is 19.1 Å². The Kier molecular flexibility index (Phi) is 5.12. The van der Waals surface area contributed by atoms with Gasteiger partial charge in [-0.2, -0.15) is 0 Å². The number of nitrogens with zero attached hydrogens (tertiary/aromatic N) is 4. The maximum absolute atomic E-state index is 5.20. The van der Waals surface area contributed by atoms with Crippen LogP contribution in [0.3, 0.4) is 0 Å². The van der Waals surface area contributed by atoms with Crippen LogP contribution < -0.4 is 0 Å². The first-order valence-corrected chi connectivity index (χ1v) is 15.9. The molecule has 0 bridgehead atoms. The van der Waals surface area contributed by atoms with E-state index in [-0.39, 0.29) is 0 Å². The standard InChI is InChI=1S/C40H24N4S/c1-2-10-26(11-3-1)43-32-15-7-4-13-28(32)38-34(43)19-20-35-39(38)29-14-5-8-16-33(29)44(35)40-41-23-22-31(42-40)25-18-21-37-30(24-25)27-12-6-9-17-36(27)45-37/h1-24H. The Morgan fingerprint density at radius 2 is 1.09 bits per heavy atom. The highest BCUT2D eigenvalue weighted by Gasteiger charge is 2.21. The molecule has 0 N–H and O–H groups in total. The van der Waals surface area contributed by atoms with E-state index in [1.165, 1.54) is 52.8 Å². The molecule has 5 heteroatoms.